The summed E-state index contributed by atoms with van der Waals surface area (Å²) in [6, 6.07) is -4.44. The lowest BCUT2D eigenvalue weighted by Crippen LogP contribution is -2.55. The van der Waals surface area contributed by atoms with Crippen LogP contribution in [0.2, 0.25) is 0 Å². The van der Waals surface area contributed by atoms with Gasteiger partial charge in [-0.1, -0.05) is 0 Å². The summed E-state index contributed by atoms with van der Waals surface area (Å²) < 4.78 is 0. The van der Waals surface area contributed by atoms with E-state index in [9.17, 15) is 28.8 Å². The first kappa shape index (κ1) is 31.0. The quantitative estimate of drug-likeness (QED) is 0.0504. The summed E-state index contributed by atoms with van der Waals surface area (Å²) in [5.41, 5.74) is 10.5. The minimum Gasteiger partial charge on any atom is -0.481 e. The maximum absolute atomic E-state index is 12.5. The lowest BCUT2D eigenvalue weighted by molar-refractivity contribution is -0.144. The summed E-state index contributed by atoms with van der Waals surface area (Å²) in [7, 11) is 1.53. The third-order valence-electron chi connectivity index (χ3n) is 4.19. The van der Waals surface area contributed by atoms with Gasteiger partial charge in [0.25, 0.3) is 0 Å². The maximum atomic E-state index is 12.5. The highest BCUT2D eigenvalue weighted by Gasteiger charge is 2.28. The lowest BCUT2D eigenvalue weighted by Gasteiger charge is -2.20. The number of rotatable bonds is 17. The second-order valence-corrected chi connectivity index (χ2v) is 7.12. The second kappa shape index (κ2) is 16.6. The van der Waals surface area contributed by atoms with Gasteiger partial charge in [-0.15, -0.1) is 0 Å². The van der Waals surface area contributed by atoms with Gasteiger partial charge in [0.2, 0.25) is 23.6 Å². The number of carboxylic acid groups (broad SMARTS) is 2. The Bertz CT molecular complexity index is 801. The number of amides is 4. The zero-order valence-electron chi connectivity index (χ0n) is 19.1. The molecule has 3 atom stereocenters. The largest absolute Gasteiger partial charge is 0.481 e. The van der Waals surface area contributed by atoms with Crippen molar-refractivity contribution in [2.24, 2.45) is 16.5 Å². The van der Waals surface area contributed by atoms with Crippen LogP contribution in [0.15, 0.2) is 4.99 Å². The standard InChI is InChI=1S/C18H32N8O9/c1-21-6-12(28)24-9(3-2-4-22-18(19)20)15(32)23-7-13(29)25-10(5-14(30)31)16(33)26-11(8-27)17(34)35/h9-11,21,27H,2-8H2,1H3,(H,23,32)(H,24,28)(H,25,29)(H,26,33)(H,30,31)(H,34,35)(H4,19,20,22). The first-order chi connectivity index (χ1) is 16.4. The van der Waals surface area contributed by atoms with Gasteiger partial charge in [-0.25, -0.2) is 4.79 Å². The Morgan fingerprint density at radius 3 is 1.97 bits per heavy atom. The first-order valence-corrected chi connectivity index (χ1v) is 10.3. The van der Waals surface area contributed by atoms with Crippen LogP contribution in [0.25, 0.3) is 0 Å². The van der Waals surface area contributed by atoms with E-state index in [1.807, 2.05) is 5.32 Å². The number of aliphatic hydroxyl groups is 1. The molecular weight excluding hydrogens is 472 g/mol. The summed E-state index contributed by atoms with van der Waals surface area (Å²) in [6.07, 6.45) is -0.448. The van der Waals surface area contributed by atoms with E-state index in [1.54, 1.807) is 0 Å². The van der Waals surface area contributed by atoms with Crippen molar-refractivity contribution in [2.45, 2.75) is 37.4 Å². The Balaban J connectivity index is 5.09. The van der Waals surface area contributed by atoms with Gasteiger partial charge >= 0.3 is 11.9 Å². The van der Waals surface area contributed by atoms with E-state index in [1.165, 1.54) is 7.05 Å². The van der Waals surface area contributed by atoms with E-state index >= 15 is 0 Å². The molecule has 0 aliphatic heterocycles. The average molecular weight is 505 g/mol. The number of guanidine groups is 1. The Labute approximate surface area is 200 Å². The average Bonchev–Trinajstić information content (AvgIpc) is 2.76. The van der Waals surface area contributed by atoms with Crippen LogP contribution in [-0.4, -0.2) is 108 Å². The molecule has 0 aliphatic rings. The third kappa shape index (κ3) is 14.0. The number of nitrogens with two attached hydrogens (primary N) is 2. The van der Waals surface area contributed by atoms with Crippen LogP contribution in [0.1, 0.15) is 19.3 Å². The number of nitrogens with zero attached hydrogens (tertiary/aromatic N) is 1. The Kier molecular flexibility index (Phi) is 14.7. The molecule has 4 amide bonds. The monoisotopic (exact) mass is 504 g/mol. The number of aliphatic carboxylic acids is 2. The smallest absolute Gasteiger partial charge is 0.328 e. The first-order valence-electron chi connectivity index (χ1n) is 10.3. The van der Waals surface area contributed by atoms with Crippen molar-refractivity contribution < 1.29 is 44.1 Å². The summed E-state index contributed by atoms with van der Waals surface area (Å²) in [5.74, 6) is -6.54. The minimum absolute atomic E-state index is 0.0741. The molecule has 12 N–H and O–H groups in total. The van der Waals surface area contributed by atoms with E-state index in [0.717, 1.165) is 0 Å². The molecule has 0 rings (SSSR count). The normalized spacial score (nSPS) is 12.9. The van der Waals surface area contributed by atoms with Gasteiger partial charge < -0.3 is 53.4 Å². The number of hydrogen-bond acceptors (Lipinski definition) is 9. The molecule has 0 aromatic heterocycles. The zero-order chi connectivity index (χ0) is 27.0. The molecule has 0 saturated heterocycles. The van der Waals surface area contributed by atoms with Crippen molar-refractivity contribution in [3.05, 3.63) is 0 Å². The van der Waals surface area contributed by atoms with Gasteiger partial charge in [0.05, 0.1) is 26.1 Å². The molecule has 0 fully saturated rings. The lowest BCUT2D eigenvalue weighted by atomic mass is 10.1. The molecule has 0 saturated carbocycles. The minimum atomic E-state index is -1.71. The van der Waals surface area contributed by atoms with Crippen molar-refractivity contribution in [1.29, 1.82) is 0 Å². The number of likely N-dealkylation sites (N-methyl/N-ethyl adjacent to an activating group) is 1. The molecule has 0 heterocycles. The molecule has 0 aromatic rings. The van der Waals surface area contributed by atoms with Gasteiger partial charge in [0.15, 0.2) is 5.96 Å². The van der Waals surface area contributed by atoms with Gasteiger partial charge in [-0.2, -0.15) is 0 Å². The fourth-order valence-corrected chi connectivity index (χ4v) is 2.56. The Morgan fingerprint density at radius 1 is 0.857 bits per heavy atom. The molecule has 3 unspecified atom stereocenters. The molecule has 17 nitrogen and oxygen atoms in total. The van der Waals surface area contributed by atoms with E-state index in [-0.39, 0.29) is 25.5 Å². The fraction of sp³-hybridized carbons (Fsp3) is 0.611. The molecule has 17 heteroatoms. The van der Waals surface area contributed by atoms with E-state index in [4.69, 9.17) is 26.8 Å². The van der Waals surface area contributed by atoms with Crippen molar-refractivity contribution in [2.75, 3.05) is 33.3 Å². The zero-order valence-corrected chi connectivity index (χ0v) is 19.1. The van der Waals surface area contributed by atoms with Crippen LogP contribution in [0.5, 0.6) is 0 Å². The maximum Gasteiger partial charge on any atom is 0.328 e. The second-order valence-electron chi connectivity index (χ2n) is 7.12. The van der Waals surface area contributed by atoms with E-state index < -0.39 is 73.3 Å². The van der Waals surface area contributed by atoms with Crippen LogP contribution < -0.4 is 38.1 Å². The highest BCUT2D eigenvalue weighted by Crippen LogP contribution is 2.00. The third-order valence-corrected chi connectivity index (χ3v) is 4.19. The number of aliphatic hydroxyl groups excluding tert-OH is 1. The van der Waals surface area contributed by atoms with Gasteiger partial charge in [0.1, 0.15) is 18.1 Å². The topological polar surface area (TPSA) is 288 Å². The summed E-state index contributed by atoms with van der Waals surface area (Å²) >= 11 is 0. The van der Waals surface area contributed by atoms with Crippen LogP contribution in [0, 0.1) is 0 Å². The summed E-state index contributed by atoms with van der Waals surface area (Å²) in [5, 5.41) is 38.2. The molecular formula is C18H32N8O9. The summed E-state index contributed by atoms with van der Waals surface area (Å²) in [4.78, 5) is 74.5. The fourth-order valence-electron chi connectivity index (χ4n) is 2.56. The molecule has 0 bridgehead atoms. The number of aliphatic imine (C=N–C) groups is 1. The van der Waals surface area contributed by atoms with E-state index in [2.05, 4.69) is 26.3 Å². The Morgan fingerprint density at radius 2 is 1.46 bits per heavy atom. The van der Waals surface area contributed by atoms with Crippen LogP contribution in [-0.2, 0) is 28.8 Å². The van der Waals surface area contributed by atoms with Crippen molar-refractivity contribution >= 4 is 41.5 Å². The predicted octanol–water partition coefficient (Wildman–Crippen LogP) is -5.62. The van der Waals surface area contributed by atoms with Crippen LogP contribution in [0.4, 0.5) is 0 Å². The van der Waals surface area contributed by atoms with Crippen LogP contribution >= 0.6 is 0 Å². The van der Waals surface area contributed by atoms with Crippen molar-refractivity contribution in [3.63, 3.8) is 0 Å². The number of carboxylic acids is 2. The molecule has 0 aliphatic carbocycles. The van der Waals surface area contributed by atoms with E-state index in [0.29, 0.717) is 6.42 Å². The molecule has 0 radical (unpaired) electrons. The predicted molar refractivity (Wildman–Crippen MR) is 120 cm³/mol. The molecule has 35 heavy (non-hydrogen) atoms. The number of carbonyl (C=O) groups is 6. The van der Waals surface area contributed by atoms with Crippen molar-refractivity contribution in [1.82, 2.24) is 26.6 Å². The molecule has 0 spiro atoms. The number of carbonyl (C=O) groups excluding carboxylic acids is 4. The van der Waals surface area contributed by atoms with Crippen molar-refractivity contribution in [3.8, 4) is 0 Å². The highest BCUT2D eigenvalue weighted by atomic mass is 16.4. The van der Waals surface area contributed by atoms with Gasteiger partial charge in [-0.3, -0.25) is 29.0 Å². The SMILES string of the molecule is CNCC(=O)NC(CCCN=C(N)N)C(=O)NCC(=O)NC(CC(=O)O)C(=O)NC(CO)C(=O)O. The van der Waals surface area contributed by atoms with Crippen LogP contribution in [0.3, 0.4) is 0 Å². The van der Waals surface area contributed by atoms with Gasteiger partial charge in [0, 0.05) is 6.54 Å². The molecule has 198 valence electrons. The highest BCUT2D eigenvalue weighted by molar-refractivity contribution is 5.95. The number of nitrogens with one attached hydrogen (secondary N) is 5. The number of hydrogen-bond donors (Lipinski definition) is 10. The Hall–Kier alpha value is -3.99. The summed E-state index contributed by atoms with van der Waals surface area (Å²) in [6.45, 7) is -1.54. The molecule has 0 aromatic carbocycles. The van der Waals surface area contributed by atoms with Gasteiger partial charge in [-0.05, 0) is 19.9 Å².